The van der Waals surface area contributed by atoms with Crippen molar-refractivity contribution in [2.24, 2.45) is 0 Å². The lowest BCUT2D eigenvalue weighted by molar-refractivity contribution is 0.144. The Bertz CT molecular complexity index is 1130. The van der Waals surface area contributed by atoms with E-state index >= 15 is 0 Å². The van der Waals surface area contributed by atoms with E-state index in [2.05, 4.69) is 29.6 Å². The van der Waals surface area contributed by atoms with E-state index in [1.807, 2.05) is 30.3 Å². The summed E-state index contributed by atoms with van der Waals surface area (Å²) in [6.45, 7) is 0.542. The van der Waals surface area contributed by atoms with Crippen molar-refractivity contribution < 1.29 is 13.9 Å². The Hall–Kier alpha value is -3.91. The fourth-order valence-corrected chi connectivity index (χ4v) is 3.91. The molecule has 0 fully saturated rings. The first kappa shape index (κ1) is 20.4. The van der Waals surface area contributed by atoms with Crippen LogP contribution >= 0.6 is 0 Å². The summed E-state index contributed by atoms with van der Waals surface area (Å²) in [4.78, 5) is 12.2. The summed E-state index contributed by atoms with van der Waals surface area (Å²) in [5.74, 6) is -0.373. The normalized spacial score (nSPS) is 12.3. The number of carbonyl (C=O) groups excluding carboxylic acids is 1. The van der Waals surface area contributed by atoms with Crippen molar-refractivity contribution in [3.8, 4) is 17.2 Å². The van der Waals surface area contributed by atoms with Gasteiger partial charge in [0, 0.05) is 18.0 Å². The van der Waals surface area contributed by atoms with Gasteiger partial charge in [-0.15, -0.1) is 0 Å². The van der Waals surface area contributed by atoms with Crippen molar-refractivity contribution in [1.82, 2.24) is 5.32 Å². The number of fused-ring (bicyclic) bond motifs is 3. The van der Waals surface area contributed by atoms with Gasteiger partial charge in [0.25, 0.3) is 0 Å². The van der Waals surface area contributed by atoms with Gasteiger partial charge in [-0.25, -0.2) is 9.18 Å². The molecule has 1 aliphatic rings. The Labute approximate surface area is 180 Å². The zero-order valence-corrected chi connectivity index (χ0v) is 16.8. The molecule has 1 N–H and O–H groups in total. The van der Waals surface area contributed by atoms with Crippen molar-refractivity contribution in [2.75, 3.05) is 13.2 Å². The molecule has 0 spiro atoms. The smallest absolute Gasteiger partial charge is 0.407 e. The summed E-state index contributed by atoms with van der Waals surface area (Å²) in [5.41, 5.74) is 5.83. The molecule has 1 amide bonds. The number of nitrogens with one attached hydrogen (secondary N) is 1. The standard InChI is InChI=1S/C26H21FN2O2/c27-25-12-11-18(16-19(25)13-14-28)6-5-15-29-26(30)31-17-24-22-9-3-1-7-20(22)21-8-2-4-10-23(21)24/h1-12,16,24H,13,15,17H2,(H,29,30). The molecule has 1 aliphatic carbocycles. The number of hydrogen-bond acceptors (Lipinski definition) is 3. The van der Waals surface area contributed by atoms with Crippen molar-refractivity contribution >= 4 is 12.2 Å². The molecule has 0 heterocycles. The summed E-state index contributed by atoms with van der Waals surface area (Å²) in [6.07, 6.45) is 3.05. The number of halogens is 1. The molecule has 0 saturated heterocycles. The van der Waals surface area contributed by atoms with Crippen LogP contribution in [0.2, 0.25) is 0 Å². The maximum Gasteiger partial charge on any atom is 0.407 e. The fraction of sp³-hybridized carbons (Fsp3) is 0.154. The number of nitrogens with zero attached hydrogens (tertiary/aromatic N) is 1. The van der Waals surface area contributed by atoms with E-state index in [0.29, 0.717) is 5.56 Å². The van der Waals surface area contributed by atoms with E-state index in [1.54, 1.807) is 24.3 Å². The van der Waals surface area contributed by atoms with E-state index in [9.17, 15) is 9.18 Å². The number of benzene rings is 3. The van der Waals surface area contributed by atoms with E-state index in [1.165, 1.54) is 28.3 Å². The molecule has 0 saturated carbocycles. The first-order valence-electron chi connectivity index (χ1n) is 10.1. The number of ether oxygens (including phenoxy) is 1. The number of rotatable bonds is 6. The third-order valence-electron chi connectivity index (χ3n) is 5.36. The summed E-state index contributed by atoms with van der Waals surface area (Å²) < 4.78 is 19.1. The van der Waals surface area contributed by atoms with Crippen LogP contribution in [0.1, 0.15) is 28.2 Å². The molecule has 0 radical (unpaired) electrons. The minimum atomic E-state index is -0.490. The monoisotopic (exact) mass is 412 g/mol. The Balaban J connectivity index is 1.32. The van der Waals surface area contributed by atoms with E-state index in [4.69, 9.17) is 10.00 Å². The second-order valence-corrected chi connectivity index (χ2v) is 7.29. The number of carbonyl (C=O) groups is 1. The lowest BCUT2D eigenvalue weighted by Gasteiger charge is -2.14. The summed E-state index contributed by atoms with van der Waals surface area (Å²) in [7, 11) is 0. The lowest BCUT2D eigenvalue weighted by Crippen LogP contribution is -2.26. The van der Waals surface area contributed by atoms with E-state index in [0.717, 1.165) is 5.56 Å². The highest BCUT2D eigenvalue weighted by Crippen LogP contribution is 2.44. The quantitative estimate of drug-likeness (QED) is 0.586. The second-order valence-electron chi connectivity index (χ2n) is 7.29. The third kappa shape index (κ3) is 4.49. The molecule has 0 atom stereocenters. The van der Waals surface area contributed by atoms with Crippen LogP contribution in [-0.2, 0) is 11.2 Å². The molecular weight excluding hydrogens is 391 g/mol. The Kier molecular flexibility index (Phi) is 6.09. The van der Waals surface area contributed by atoms with Gasteiger partial charge in [0.1, 0.15) is 12.4 Å². The molecule has 0 bridgehead atoms. The van der Waals surface area contributed by atoms with E-state index in [-0.39, 0.29) is 25.5 Å². The van der Waals surface area contributed by atoms with Crippen molar-refractivity contribution in [3.05, 3.63) is 101 Å². The van der Waals surface area contributed by atoms with E-state index < -0.39 is 11.9 Å². The van der Waals surface area contributed by atoms with Crippen molar-refractivity contribution in [3.63, 3.8) is 0 Å². The maximum atomic E-state index is 13.6. The van der Waals surface area contributed by atoms with Gasteiger partial charge in [0.05, 0.1) is 12.5 Å². The van der Waals surface area contributed by atoms with Crippen LogP contribution in [0.5, 0.6) is 0 Å². The Morgan fingerprint density at radius 1 is 1.06 bits per heavy atom. The van der Waals surface area contributed by atoms with Gasteiger partial charge in [-0.1, -0.05) is 66.7 Å². The highest BCUT2D eigenvalue weighted by atomic mass is 19.1. The van der Waals surface area contributed by atoms with Crippen molar-refractivity contribution in [1.29, 1.82) is 5.26 Å². The Morgan fingerprint density at radius 2 is 1.74 bits per heavy atom. The van der Waals surface area contributed by atoms with Gasteiger partial charge in [-0.3, -0.25) is 0 Å². The van der Waals surface area contributed by atoms with Crippen LogP contribution in [-0.4, -0.2) is 19.2 Å². The van der Waals surface area contributed by atoms with Crippen LogP contribution in [0.15, 0.2) is 72.8 Å². The van der Waals surface area contributed by atoms with Crippen LogP contribution < -0.4 is 5.32 Å². The molecular formula is C26H21FN2O2. The highest BCUT2D eigenvalue weighted by molar-refractivity contribution is 5.79. The Morgan fingerprint density at radius 3 is 2.42 bits per heavy atom. The molecule has 31 heavy (non-hydrogen) atoms. The number of amides is 1. The van der Waals surface area contributed by atoms with Gasteiger partial charge in [-0.2, -0.15) is 5.26 Å². The van der Waals surface area contributed by atoms with Crippen LogP contribution in [0.4, 0.5) is 9.18 Å². The summed E-state index contributed by atoms with van der Waals surface area (Å²) in [6, 6.07) is 22.9. The van der Waals surface area contributed by atoms with Crippen LogP contribution in [0.3, 0.4) is 0 Å². The predicted molar refractivity (Wildman–Crippen MR) is 118 cm³/mol. The molecule has 0 aliphatic heterocycles. The van der Waals surface area contributed by atoms with Gasteiger partial charge < -0.3 is 10.1 Å². The average molecular weight is 412 g/mol. The highest BCUT2D eigenvalue weighted by Gasteiger charge is 2.28. The SMILES string of the molecule is N#CCc1cc(C=CCNC(=O)OCC2c3ccccc3-c3ccccc32)ccc1F. The zero-order chi connectivity index (χ0) is 21.6. The summed E-state index contributed by atoms with van der Waals surface area (Å²) >= 11 is 0. The molecule has 3 aromatic rings. The molecule has 4 rings (SSSR count). The average Bonchev–Trinajstić information content (AvgIpc) is 3.11. The van der Waals surface area contributed by atoms with Crippen LogP contribution in [0, 0.1) is 17.1 Å². The predicted octanol–water partition coefficient (Wildman–Crippen LogP) is 5.44. The number of nitriles is 1. The van der Waals surface area contributed by atoms with Gasteiger partial charge in [0.15, 0.2) is 0 Å². The lowest BCUT2D eigenvalue weighted by atomic mass is 9.98. The first-order chi connectivity index (χ1) is 15.2. The molecule has 154 valence electrons. The molecule has 3 aromatic carbocycles. The summed E-state index contributed by atoms with van der Waals surface area (Å²) in [5, 5.41) is 11.5. The number of alkyl carbamates (subject to hydrolysis) is 1. The van der Waals surface area contributed by atoms with Gasteiger partial charge in [0.2, 0.25) is 0 Å². The maximum absolute atomic E-state index is 13.6. The fourth-order valence-electron chi connectivity index (χ4n) is 3.91. The topological polar surface area (TPSA) is 62.1 Å². The molecule has 5 heteroatoms. The minimum Gasteiger partial charge on any atom is -0.449 e. The first-order valence-corrected chi connectivity index (χ1v) is 10.1. The van der Waals surface area contributed by atoms with Gasteiger partial charge in [-0.05, 0) is 39.9 Å². The molecule has 4 nitrogen and oxygen atoms in total. The number of hydrogen-bond donors (Lipinski definition) is 1. The second kappa shape index (κ2) is 9.27. The molecule has 0 aromatic heterocycles. The largest absolute Gasteiger partial charge is 0.449 e. The third-order valence-corrected chi connectivity index (χ3v) is 5.36. The minimum absolute atomic E-state index is 0.0194. The van der Waals surface area contributed by atoms with Crippen LogP contribution in [0.25, 0.3) is 17.2 Å². The van der Waals surface area contributed by atoms with Gasteiger partial charge >= 0.3 is 6.09 Å². The molecule has 0 unspecified atom stereocenters. The van der Waals surface area contributed by atoms with Crippen molar-refractivity contribution in [2.45, 2.75) is 12.3 Å². The zero-order valence-electron chi connectivity index (χ0n) is 16.8.